The van der Waals surface area contributed by atoms with Crippen LogP contribution in [-0.2, 0) is 9.59 Å². The van der Waals surface area contributed by atoms with E-state index in [1.165, 1.54) is 0 Å². The highest BCUT2D eigenvalue weighted by atomic mass is 32.1. The normalized spacial score (nSPS) is 16.1. The summed E-state index contributed by atoms with van der Waals surface area (Å²) >= 11 is 1.59. The average Bonchev–Trinajstić information content (AvgIpc) is 3.49. The summed E-state index contributed by atoms with van der Waals surface area (Å²) in [6.07, 6.45) is 4.14. The van der Waals surface area contributed by atoms with E-state index in [-0.39, 0.29) is 18.2 Å². The van der Waals surface area contributed by atoms with Gasteiger partial charge in [0.25, 0.3) is 0 Å². The molecule has 3 heterocycles. The molecule has 7 nitrogen and oxygen atoms in total. The summed E-state index contributed by atoms with van der Waals surface area (Å²) in [7, 11) is 1.59. The maximum absolute atomic E-state index is 12.8. The van der Waals surface area contributed by atoms with Crippen molar-refractivity contribution in [3.63, 3.8) is 0 Å². The van der Waals surface area contributed by atoms with Crippen molar-refractivity contribution in [3.05, 3.63) is 66.3 Å². The fourth-order valence-electron chi connectivity index (χ4n) is 3.75. The molecule has 0 saturated carbocycles. The fraction of sp³-hybridized carbons (Fsp3) is 0.174. The van der Waals surface area contributed by atoms with Crippen LogP contribution in [0.2, 0.25) is 0 Å². The van der Waals surface area contributed by atoms with Crippen molar-refractivity contribution in [3.8, 4) is 17.0 Å². The Labute approximate surface area is 182 Å². The molecule has 2 amide bonds. The van der Waals surface area contributed by atoms with E-state index < -0.39 is 5.92 Å². The molecule has 0 radical (unpaired) electrons. The number of ether oxygens (including phenoxy) is 1. The number of thiazole rings is 1. The third-order valence-electron chi connectivity index (χ3n) is 5.40. The SMILES string of the molecule is COc1cccc(N2CC(C(=O)Nc3ccc(-c4cn5ccsc5n4)cc3)CC2=O)c1. The smallest absolute Gasteiger partial charge is 0.229 e. The van der Waals surface area contributed by atoms with Gasteiger partial charge in [0.15, 0.2) is 4.96 Å². The van der Waals surface area contributed by atoms with E-state index in [4.69, 9.17) is 4.74 Å². The van der Waals surface area contributed by atoms with Crippen LogP contribution in [0.25, 0.3) is 16.2 Å². The molecule has 2 aromatic heterocycles. The van der Waals surface area contributed by atoms with Crippen LogP contribution in [-0.4, -0.2) is 34.9 Å². The van der Waals surface area contributed by atoms with Crippen molar-refractivity contribution in [1.82, 2.24) is 9.38 Å². The van der Waals surface area contributed by atoms with E-state index in [9.17, 15) is 9.59 Å². The molecule has 0 aliphatic carbocycles. The first-order valence-corrected chi connectivity index (χ1v) is 10.8. The molecule has 0 spiro atoms. The molecule has 156 valence electrons. The largest absolute Gasteiger partial charge is 0.497 e. The summed E-state index contributed by atoms with van der Waals surface area (Å²) in [5.41, 5.74) is 3.31. The maximum atomic E-state index is 12.8. The number of amides is 2. The predicted octanol–water partition coefficient (Wildman–Crippen LogP) is 4.06. The van der Waals surface area contributed by atoms with E-state index in [1.807, 2.05) is 64.6 Å². The number of anilines is 2. The van der Waals surface area contributed by atoms with Crippen molar-refractivity contribution in [2.45, 2.75) is 6.42 Å². The van der Waals surface area contributed by atoms with E-state index in [2.05, 4.69) is 10.3 Å². The lowest BCUT2D eigenvalue weighted by Gasteiger charge is -2.17. The minimum Gasteiger partial charge on any atom is -0.497 e. The Morgan fingerprint density at radius 3 is 2.84 bits per heavy atom. The second-order valence-electron chi connectivity index (χ2n) is 7.39. The van der Waals surface area contributed by atoms with Gasteiger partial charge >= 0.3 is 0 Å². The monoisotopic (exact) mass is 432 g/mol. The van der Waals surface area contributed by atoms with Crippen LogP contribution in [0.3, 0.4) is 0 Å². The number of fused-ring (bicyclic) bond motifs is 1. The van der Waals surface area contributed by atoms with Gasteiger partial charge in [0.2, 0.25) is 11.8 Å². The Balaban J connectivity index is 1.25. The zero-order valence-corrected chi connectivity index (χ0v) is 17.6. The van der Waals surface area contributed by atoms with Gasteiger partial charge in [-0.15, -0.1) is 11.3 Å². The highest BCUT2D eigenvalue weighted by molar-refractivity contribution is 7.15. The Morgan fingerprint density at radius 1 is 1.23 bits per heavy atom. The van der Waals surface area contributed by atoms with Gasteiger partial charge in [-0.25, -0.2) is 4.98 Å². The number of hydrogen-bond donors (Lipinski definition) is 1. The molecule has 1 unspecified atom stereocenters. The molecule has 1 aliphatic rings. The van der Waals surface area contributed by atoms with Crippen molar-refractivity contribution in [2.24, 2.45) is 5.92 Å². The van der Waals surface area contributed by atoms with Crippen LogP contribution < -0.4 is 15.0 Å². The maximum Gasteiger partial charge on any atom is 0.229 e. The van der Waals surface area contributed by atoms with Gasteiger partial charge in [-0.3, -0.25) is 14.0 Å². The van der Waals surface area contributed by atoms with Crippen molar-refractivity contribution in [1.29, 1.82) is 0 Å². The van der Waals surface area contributed by atoms with Crippen LogP contribution in [0.1, 0.15) is 6.42 Å². The lowest BCUT2D eigenvalue weighted by Crippen LogP contribution is -2.28. The molecule has 0 bridgehead atoms. The van der Waals surface area contributed by atoms with Gasteiger partial charge in [0.1, 0.15) is 5.75 Å². The zero-order valence-electron chi connectivity index (χ0n) is 16.8. The predicted molar refractivity (Wildman–Crippen MR) is 121 cm³/mol. The fourth-order valence-corrected chi connectivity index (χ4v) is 4.45. The van der Waals surface area contributed by atoms with E-state index in [1.54, 1.807) is 29.4 Å². The molecule has 2 aromatic carbocycles. The first-order chi connectivity index (χ1) is 15.1. The number of imidazole rings is 1. The Hall–Kier alpha value is -3.65. The lowest BCUT2D eigenvalue weighted by molar-refractivity contribution is -0.122. The highest BCUT2D eigenvalue weighted by Gasteiger charge is 2.35. The second-order valence-corrected chi connectivity index (χ2v) is 8.27. The topological polar surface area (TPSA) is 75.9 Å². The van der Waals surface area contributed by atoms with Crippen molar-refractivity contribution in [2.75, 3.05) is 23.9 Å². The number of nitrogens with one attached hydrogen (secondary N) is 1. The van der Waals surface area contributed by atoms with Crippen LogP contribution in [0.15, 0.2) is 66.3 Å². The third kappa shape index (κ3) is 3.77. The Kier molecular flexibility index (Phi) is 4.91. The second kappa shape index (κ2) is 7.88. The molecular weight excluding hydrogens is 412 g/mol. The molecule has 31 heavy (non-hydrogen) atoms. The summed E-state index contributed by atoms with van der Waals surface area (Å²) in [6.45, 7) is 0.349. The number of benzene rings is 2. The summed E-state index contributed by atoms with van der Waals surface area (Å²) in [5.74, 6) is 0.0478. The van der Waals surface area contributed by atoms with Gasteiger partial charge < -0.3 is 15.0 Å². The summed E-state index contributed by atoms with van der Waals surface area (Å²) in [6, 6.07) is 14.9. The Morgan fingerprint density at radius 2 is 2.06 bits per heavy atom. The average molecular weight is 433 g/mol. The minimum atomic E-state index is -0.404. The van der Waals surface area contributed by atoms with Gasteiger partial charge in [-0.2, -0.15) is 0 Å². The summed E-state index contributed by atoms with van der Waals surface area (Å²) in [4.78, 5) is 32.4. The number of hydrogen-bond acceptors (Lipinski definition) is 5. The molecule has 1 aliphatic heterocycles. The molecular formula is C23H20N4O3S. The number of aromatic nitrogens is 2. The van der Waals surface area contributed by atoms with Crippen LogP contribution in [0.4, 0.5) is 11.4 Å². The number of methoxy groups -OCH3 is 1. The van der Waals surface area contributed by atoms with Crippen molar-refractivity contribution < 1.29 is 14.3 Å². The molecule has 1 atom stereocenters. The number of carbonyl (C=O) groups excluding carboxylic acids is 2. The summed E-state index contributed by atoms with van der Waals surface area (Å²) in [5, 5.41) is 4.93. The number of rotatable bonds is 5. The lowest BCUT2D eigenvalue weighted by atomic mass is 10.1. The number of nitrogens with zero attached hydrogens (tertiary/aromatic N) is 3. The standard InChI is InChI=1S/C23H20N4O3S/c1-30-19-4-2-3-18(12-19)27-13-16(11-21(27)28)22(29)24-17-7-5-15(6-8-17)20-14-26-9-10-31-23(26)25-20/h2-10,12,14,16H,11,13H2,1H3,(H,24,29). The molecule has 1 saturated heterocycles. The van der Waals surface area contributed by atoms with Crippen LogP contribution in [0, 0.1) is 5.92 Å². The molecule has 5 rings (SSSR count). The third-order valence-corrected chi connectivity index (χ3v) is 6.17. The van der Waals surface area contributed by atoms with Gasteiger partial charge in [0, 0.05) is 53.7 Å². The first kappa shape index (κ1) is 19.3. The molecule has 8 heteroatoms. The highest BCUT2D eigenvalue weighted by Crippen LogP contribution is 2.29. The first-order valence-electron chi connectivity index (χ1n) is 9.88. The van der Waals surface area contributed by atoms with E-state index >= 15 is 0 Å². The van der Waals surface area contributed by atoms with Crippen LogP contribution >= 0.6 is 11.3 Å². The van der Waals surface area contributed by atoms with Gasteiger partial charge in [-0.1, -0.05) is 18.2 Å². The van der Waals surface area contributed by atoms with Gasteiger partial charge in [-0.05, 0) is 24.3 Å². The van der Waals surface area contributed by atoms with Gasteiger partial charge in [0.05, 0.1) is 18.7 Å². The van der Waals surface area contributed by atoms with Crippen molar-refractivity contribution >= 4 is 39.5 Å². The molecule has 4 aromatic rings. The molecule has 1 fully saturated rings. The minimum absolute atomic E-state index is 0.0662. The number of carbonyl (C=O) groups is 2. The molecule has 1 N–H and O–H groups in total. The van der Waals surface area contributed by atoms with E-state index in [0.29, 0.717) is 18.0 Å². The summed E-state index contributed by atoms with van der Waals surface area (Å²) < 4.78 is 7.22. The quantitative estimate of drug-likeness (QED) is 0.516. The Bertz CT molecular complexity index is 1230. The van der Waals surface area contributed by atoms with Crippen LogP contribution in [0.5, 0.6) is 5.75 Å². The zero-order chi connectivity index (χ0) is 21.4. The van der Waals surface area contributed by atoms with E-state index in [0.717, 1.165) is 21.9 Å².